The average Bonchev–Trinajstić information content (AvgIpc) is 2.77. The Balaban J connectivity index is 2.01. The number of amides is 1. The lowest BCUT2D eigenvalue weighted by molar-refractivity contribution is 0.0935. The van der Waals surface area contributed by atoms with Gasteiger partial charge in [-0.15, -0.1) is 0 Å². The molecule has 98 valence electrons. The zero-order chi connectivity index (χ0) is 13.2. The summed E-state index contributed by atoms with van der Waals surface area (Å²) >= 11 is 5.91. The number of benzene rings is 1. The molecule has 1 aromatic rings. The highest BCUT2D eigenvalue weighted by Crippen LogP contribution is 2.36. The molecule has 0 aromatic heterocycles. The first-order chi connectivity index (χ1) is 8.52. The van der Waals surface area contributed by atoms with Gasteiger partial charge in [-0.3, -0.25) is 4.79 Å². The second-order valence-electron chi connectivity index (χ2n) is 5.40. The molecule has 1 aromatic carbocycles. The number of nitrogen functional groups attached to an aromatic ring is 1. The lowest BCUT2D eigenvalue weighted by Gasteiger charge is -2.23. The Morgan fingerprint density at radius 2 is 2.11 bits per heavy atom. The number of hydrogen-bond acceptors (Lipinski definition) is 2. The van der Waals surface area contributed by atoms with Crippen molar-refractivity contribution in [3.8, 4) is 0 Å². The van der Waals surface area contributed by atoms with Crippen LogP contribution in [0.4, 0.5) is 5.69 Å². The highest BCUT2D eigenvalue weighted by atomic mass is 35.5. The molecular formula is C14H19ClN2O. The Bertz CT molecular complexity index is 453. The van der Waals surface area contributed by atoms with E-state index in [2.05, 4.69) is 12.2 Å². The van der Waals surface area contributed by atoms with Crippen LogP contribution >= 0.6 is 11.6 Å². The summed E-state index contributed by atoms with van der Waals surface area (Å²) < 4.78 is 0. The fourth-order valence-corrected chi connectivity index (χ4v) is 2.70. The van der Waals surface area contributed by atoms with Crippen LogP contribution in [0.1, 0.15) is 43.0 Å². The molecular weight excluding hydrogens is 248 g/mol. The van der Waals surface area contributed by atoms with E-state index >= 15 is 0 Å². The molecule has 0 bridgehead atoms. The van der Waals surface area contributed by atoms with Crippen molar-refractivity contribution in [2.45, 2.75) is 32.6 Å². The summed E-state index contributed by atoms with van der Waals surface area (Å²) in [6.07, 6.45) is 4.87. The quantitative estimate of drug-likeness (QED) is 0.826. The van der Waals surface area contributed by atoms with Crippen LogP contribution in [0.2, 0.25) is 5.02 Å². The van der Waals surface area contributed by atoms with E-state index in [-0.39, 0.29) is 11.3 Å². The molecule has 1 aliphatic carbocycles. The number of carbonyl (C=O) groups excluding carboxylic acids is 1. The van der Waals surface area contributed by atoms with Gasteiger partial charge in [0.1, 0.15) is 0 Å². The van der Waals surface area contributed by atoms with Gasteiger partial charge in [-0.1, -0.05) is 37.4 Å². The Morgan fingerprint density at radius 1 is 1.44 bits per heavy atom. The molecule has 0 heterocycles. The van der Waals surface area contributed by atoms with Gasteiger partial charge in [-0.25, -0.2) is 0 Å². The molecule has 3 nitrogen and oxygen atoms in total. The van der Waals surface area contributed by atoms with Crippen molar-refractivity contribution in [3.05, 3.63) is 28.8 Å². The van der Waals surface area contributed by atoms with Crippen LogP contribution in [0.3, 0.4) is 0 Å². The van der Waals surface area contributed by atoms with Crippen molar-refractivity contribution in [2.24, 2.45) is 5.41 Å². The Labute approximate surface area is 113 Å². The summed E-state index contributed by atoms with van der Waals surface area (Å²) in [5, 5.41) is 3.40. The molecule has 1 aliphatic rings. The van der Waals surface area contributed by atoms with Crippen molar-refractivity contribution in [1.82, 2.24) is 5.32 Å². The molecule has 1 saturated carbocycles. The van der Waals surface area contributed by atoms with Crippen LogP contribution < -0.4 is 11.1 Å². The predicted molar refractivity (Wildman–Crippen MR) is 74.8 cm³/mol. The zero-order valence-corrected chi connectivity index (χ0v) is 11.4. The van der Waals surface area contributed by atoms with Crippen molar-refractivity contribution < 1.29 is 4.79 Å². The van der Waals surface area contributed by atoms with Gasteiger partial charge < -0.3 is 11.1 Å². The first-order valence-corrected chi connectivity index (χ1v) is 6.72. The van der Waals surface area contributed by atoms with Gasteiger partial charge in [0, 0.05) is 6.54 Å². The third-order valence-electron chi connectivity index (χ3n) is 3.78. The Hall–Kier alpha value is -1.22. The normalized spacial score (nSPS) is 17.7. The molecule has 1 fully saturated rings. The molecule has 2 rings (SSSR count). The molecule has 3 N–H and O–H groups in total. The average molecular weight is 267 g/mol. The van der Waals surface area contributed by atoms with Crippen molar-refractivity contribution in [1.29, 1.82) is 0 Å². The third kappa shape index (κ3) is 2.78. The highest BCUT2D eigenvalue weighted by Gasteiger charge is 2.29. The van der Waals surface area contributed by atoms with Crippen LogP contribution in [0.15, 0.2) is 18.2 Å². The molecule has 4 heteroatoms. The molecule has 0 saturated heterocycles. The molecule has 0 aliphatic heterocycles. The van der Waals surface area contributed by atoms with Crippen LogP contribution in [0.5, 0.6) is 0 Å². The summed E-state index contributed by atoms with van der Waals surface area (Å²) in [4.78, 5) is 12.1. The van der Waals surface area contributed by atoms with Gasteiger partial charge in [0.15, 0.2) is 0 Å². The van der Waals surface area contributed by atoms with Crippen LogP contribution in [-0.4, -0.2) is 12.5 Å². The number of rotatable bonds is 3. The standard InChI is InChI=1S/C14H19ClN2O/c1-14(7-2-3-8-14)9-17-13(18)10-5-4-6-11(15)12(10)16/h4-6H,2-3,7-9,16H2,1H3,(H,17,18). The number of nitrogens with two attached hydrogens (primary N) is 1. The second-order valence-corrected chi connectivity index (χ2v) is 5.81. The monoisotopic (exact) mass is 266 g/mol. The Kier molecular flexibility index (Phi) is 3.81. The molecule has 0 unspecified atom stereocenters. The molecule has 1 amide bonds. The minimum Gasteiger partial charge on any atom is -0.397 e. The summed E-state index contributed by atoms with van der Waals surface area (Å²) in [6, 6.07) is 5.13. The summed E-state index contributed by atoms with van der Waals surface area (Å²) in [5.41, 5.74) is 6.86. The number of nitrogens with one attached hydrogen (secondary N) is 1. The van der Waals surface area contributed by atoms with Crippen LogP contribution in [-0.2, 0) is 0 Å². The second kappa shape index (κ2) is 5.19. The summed E-state index contributed by atoms with van der Waals surface area (Å²) in [5.74, 6) is -0.136. The van der Waals surface area contributed by atoms with E-state index in [0.29, 0.717) is 22.8 Å². The predicted octanol–water partition coefficient (Wildman–Crippen LogP) is 3.23. The first kappa shape index (κ1) is 13.2. The number of hydrogen-bond donors (Lipinski definition) is 2. The minimum atomic E-state index is -0.136. The van der Waals surface area contributed by atoms with E-state index in [0.717, 1.165) is 0 Å². The maximum Gasteiger partial charge on any atom is 0.253 e. The number of halogens is 1. The SMILES string of the molecule is CC1(CNC(=O)c2cccc(Cl)c2N)CCCC1. The number of para-hydroxylation sites is 1. The van der Waals surface area contributed by atoms with Crippen molar-refractivity contribution >= 4 is 23.2 Å². The first-order valence-electron chi connectivity index (χ1n) is 6.34. The molecule has 0 radical (unpaired) electrons. The highest BCUT2D eigenvalue weighted by molar-refractivity contribution is 6.33. The van der Waals surface area contributed by atoms with Gasteiger partial charge >= 0.3 is 0 Å². The van der Waals surface area contributed by atoms with Crippen LogP contribution in [0.25, 0.3) is 0 Å². The number of carbonyl (C=O) groups is 1. The zero-order valence-electron chi connectivity index (χ0n) is 10.6. The van der Waals surface area contributed by atoms with E-state index < -0.39 is 0 Å². The van der Waals surface area contributed by atoms with E-state index in [1.165, 1.54) is 25.7 Å². The van der Waals surface area contributed by atoms with E-state index in [4.69, 9.17) is 17.3 Å². The Morgan fingerprint density at radius 3 is 2.78 bits per heavy atom. The van der Waals surface area contributed by atoms with Crippen molar-refractivity contribution in [3.63, 3.8) is 0 Å². The molecule has 0 atom stereocenters. The fraction of sp³-hybridized carbons (Fsp3) is 0.500. The van der Waals surface area contributed by atoms with Gasteiger partial charge in [-0.2, -0.15) is 0 Å². The maximum atomic E-state index is 12.1. The van der Waals surface area contributed by atoms with Crippen LogP contribution in [0, 0.1) is 5.41 Å². The van der Waals surface area contributed by atoms with Crippen molar-refractivity contribution in [2.75, 3.05) is 12.3 Å². The van der Waals surface area contributed by atoms with Gasteiger partial charge in [-0.05, 0) is 30.4 Å². The minimum absolute atomic E-state index is 0.136. The summed E-state index contributed by atoms with van der Waals surface area (Å²) in [7, 11) is 0. The van der Waals surface area contributed by atoms with E-state index in [1.807, 2.05) is 0 Å². The lowest BCUT2D eigenvalue weighted by Crippen LogP contribution is -2.34. The van der Waals surface area contributed by atoms with E-state index in [1.54, 1.807) is 18.2 Å². The largest absolute Gasteiger partial charge is 0.397 e. The third-order valence-corrected chi connectivity index (χ3v) is 4.11. The van der Waals surface area contributed by atoms with Gasteiger partial charge in [0.05, 0.1) is 16.3 Å². The number of anilines is 1. The topological polar surface area (TPSA) is 55.1 Å². The molecule has 18 heavy (non-hydrogen) atoms. The maximum absolute atomic E-state index is 12.1. The van der Waals surface area contributed by atoms with Gasteiger partial charge in [0.25, 0.3) is 5.91 Å². The van der Waals surface area contributed by atoms with E-state index in [9.17, 15) is 4.79 Å². The summed E-state index contributed by atoms with van der Waals surface area (Å²) in [6.45, 7) is 2.93. The lowest BCUT2D eigenvalue weighted by atomic mass is 9.89. The van der Waals surface area contributed by atoms with Gasteiger partial charge in [0.2, 0.25) is 0 Å². The smallest absolute Gasteiger partial charge is 0.253 e. The molecule has 0 spiro atoms. The fourth-order valence-electron chi connectivity index (χ4n) is 2.53.